The summed E-state index contributed by atoms with van der Waals surface area (Å²) in [4.78, 5) is 0.303. The van der Waals surface area contributed by atoms with Gasteiger partial charge in [-0.05, 0) is 42.9 Å². The van der Waals surface area contributed by atoms with Gasteiger partial charge in [-0.3, -0.25) is 0 Å². The van der Waals surface area contributed by atoms with Crippen LogP contribution in [0.4, 0.5) is 0 Å². The van der Waals surface area contributed by atoms with Crippen molar-refractivity contribution in [3.05, 3.63) is 29.3 Å². The van der Waals surface area contributed by atoms with E-state index in [4.69, 9.17) is 0 Å². The van der Waals surface area contributed by atoms with Crippen LogP contribution in [-0.4, -0.2) is 31.4 Å². The molecule has 1 aliphatic carbocycles. The lowest BCUT2D eigenvalue weighted by atomic mass is 10.1. The van der Waals surface area contributed by atoms with E-state index in [2.05, 4.69) is 0 Å². The van der Waals surface area contributed by atoms with E-state index in [9.17, 15) is 13.5 Å². The molecule has 100 valence electrons. The van der Waals surface area contributed by atoms with Crippen LogP contribution in [0.2, 0.25) is 0 Å². The van der Waals surface area contributed by atoms with Crippen LogP contribution in [-0.2, 0) is 16.6 Å². The Hall–Kier alpha value is -0.910. The summed E-state index contributed by atoms with van der Waals surface area (Å²) in [6.07, 6.45) is 2.24. The second-order valence-electron chi connectivity index (χ2n) is 4.93. The number of aliphatic hydroxyl groups is 1. The predicted octanol–water partition coefficient (Wildman–Crippen LogP) is 1.52. The Balaban J connectivity index is 2.33. The number of benzene rings is 1. The van der Waals surface area contributed by atoms with Crippen molar-refractivity contribution in [2.75, 3.05) is 13.6 Å². The maximum absolute atomic E-state index is 12.4. The summed E-state index contributed by atoms with van der Waals surface area (Å²) in [5.74, 6) is 0.520. The molecule has 0 aromatic heterocycles. The molecule has 0 heterocycles. The number of sulfonamides is 1. The highest BCUT2D eigenvalue weighted by Crippen LogP contribution is 2.31. The molecule has 0 amide bonds. The van der Waals surface area contributed by atoms with Crippen LogP contribution in [0.15, 0.2) is 23.1 Å². The first-order valence-corrected chi connectivity index (χ1v) is 7.56. The topological polar surface area (TPSA) is 57.6 Å². The van der Waals surface area contributed by atoms with Crippen molar-refractivity contribution in [3.8, 4) is 0 Å². The Morgan fingerprint density at radius 1 is 1.39 bits per heavy atom. The summed E-state index contributed by atoms with van der Waals surface area (Å²) >= 11 is 0. The lowest BCUT2D eigenvalue weighted by Crippen LogP contribution is -2.29. The lowest BCUT2D eigenvalue weighted by Gasteiger charge is -2.19. The van der Waals surface area contributed by atoms with Gasteiger partial charge in [-0.1, -0.05) is 12.1 Å². The van der Waals surface area contributed by atoms with Crippen LogP contribution < -0.4 is 0 Å². The van der Waals surface area contributed by atoms with Crippen molar-refractivity contribution >= 4 is 10.0 Å². The molecule has 0 aliphatic heterocycles. The van der Waals surface area contributed by atoms with E-state index in [1.807, 2.05) is 0 Å². The molecule has 1 fully saturated rings. The molecule has 1 aromatic rings. The zero-order valence-electron chi connectivity index (χ0n) is 10.8. The highest BCUT2D eigenvalue weighted by Gasteiger charge is 2.30. The molecule has 0 saturated heterocycles. The van der Waals surface area contributed by atoms with Gasteiger partial charge < -0.3 is 5.11 Å². The Morgan fingerprint density at radius 3 is 2.61 bits per heavy atom. The van der Waals surface area contributed by atoms with E-state index in [1.165, 1.54) is 4.31 Å². The average Bonchev–Trinajstić information content (AvgIpc) is 3.13. The monoisotopic (exact) mass is 269 g/mol. The molecule has 2 rings (SSSR count). The molecule has 5 heteroatoms. The second kappa shape index (κ2) is 4.99. The largest absolute Gasteiger partial charge is 0.392 e. The average molecular weight is 269 g/mol. The minimum absolute atomic E-state index is 0.137. The normalized spacial score (nSPS) is 16.2. The molecule has 4 nitrogen and oxygen atoms in total. The van der Waals surface area contributed by atoms with Crippen LogP contribution in [0.25, 0.3) is 0 Å². The van der Waals surface area contributed by atoms with Gasteiger partial charge in [0.05, 0.1) is 11.5 Å². The minimum Gasteiger partial charge on any atom is -0.392 e. The van der Waals surface area contributed by atoms with Gasteiger partial charge in [0.1, 0.15) is 0 Å². The van der Waals surface area contributed by atoms with Gasteiger partial charge in [0, 0.05) is 13.6 Å². The third-order valence-electron chi connectivity index (χ3n) is 3.47. The maximum Gasteiger partial charge on any atom is 0.243 e. The van der Waals surface area contributed by atoms with E-state index in [0.29, 0.717) is 28.5 Å². The van der Waals surface area contributed by atoms with Gasteiger partial charge in [0.2, 0.25) is 10.0 Å². The van der Waals surface area contributed by atoms with Crippen LogP contribution in [0, 0.1) is 12.8 Å². The predicted molar refractivity (Wildman–Crippen MR) is 69.6 cm³/mol. The van der Waals surface area contributed by atoms with Crippen LogP contribution in [0.3, 0.4) is 0 Å². The Kier molecular flexibility index (Phi) is 3.75. The second-order valence-corrected chi connectivity index (χ2v) is 6.94. The van der Waals surface area contributed by atoms with E-state index in [1.54, 1.807) is 32.2 Å². The third-order valence-corrected chi connectivity index (χ3v) is 5.43. The Labute approximate surface area is 108 Å². The molecule has 1 aromatic carbocycles. The highest BCUT2D eigenvalue weighted by molar-refractivity contribution is 7.89. The highest BCUT2D eigenvalue weighted by atomic mass is 32.2. The summed E-state index contributed by atoms with van der Waals surface area (Å²) in [7, 11) is -1.81. The van der Waals surface area contributed by atoms with Crippen molar-refractivity contribution < 1.29 is 13.5 Å². The Bertz CT molecular complexity index is 535. The van der Waals surface area contributed by atoms with Gasteiger partial charge >= 0.3 is 0 Å². The molecular weight excluding hydrogens is 250 g/mol. The van der Waals surface area contributed by atoms with E-state index >= 15 is 0 Å². The molecule has 0 bridgehead atoms. The summed E-state index contributed by atoms with van der Waals surface area (Å²) in [6.45, 7) is 2.19. The first-order valence-electron chi connectivity index (χ1n) is 6.12. The molecule has 0 spiro atoms. The van der Waals surface area contributed by atoms with Crippen molar-refractivity contribution in [1.82, 2.24) is 4.31 Å². The first-order chi connectivity index (χ1) is 8.46. The molecule has 1 N–H and O–H groups in total. The van der Waals surface area contributed by atoms with E-state index in [0.717, 1.165) is 12.8 Å². The number of aliphatic hydroxyl groups excluding tert-OH is 1. The molecule has 0 atom stereocenters. The van der Waals surface area contributed by atoms with Gasteiger partial charge in [0.25, 0.3) is 0 Å². The fourth-order valence-electron chi connectivity index (χ4n) is 2.04. The lowest BCUT2D eigenvalue weighted by molar-refractivity contribution is 0.280. The third kappa shape index (κ3) is 2.58. The standard InChI is InChI=1S/C13H19NO3S/c1-10-12(9-15)4-3-5-13(10)18(16,17)14(2)8-11-6-7-11/h3-5,11,15H,6-9H2,1-2H3. The van der Waals surface area contributed by atoms with Crippen LogP contribution >= 0.6 is 0 Å². The Morgan fingerprint density at radius 2 is 2.06 bits per heavy atom. The molecule has 1 saturated carbocycles. The van der Waals surface area contributed by atoms with Gasteiger partial charge in [-0.15, -0.1) is 0 Å². The number of hydrogen-bond donors (Lipinski definition) is 1. The van der Waals surface area contributed by atoms with Crippen molar-refractivity contribution in [2.24, 2.45) is 5.92 Å². The van der Waals surface area contributed by atoms with Gasteiger partial charge in [-0.2, -0.15) is 0 Å². The number of nitrogens with zero attached hydrogens (tertiary/aromatic N) is 1. The zero-order chi connectivity index (χ0) is 13.3. The molecule has 1 aliphatic rings. The summed E-state index contributed by atoms with van der Waals surface area (Å²) in [5, 5.41) is 9.19. The van der Waals surface area contributed by atoms with Crippen LogP contribution in [0.5, 0.6) is 0 Å². The molecule has 0 radical (unpaired) electrons. The van der Waals surface area contributed by atoms with E-state index in [-0.39, 0.29) is 6.61 Å². The summed E-state index contributed by atoms with van der Waals surface area (Å²) < 4.78 is 26.3. The minimum atomic E-state index is -3.44. The van der Waals surface area contributed by atoms with Gasteiger partial charge in [0.15, 0.2) is 0 Å². The molecule has 18 heavy (non-hydrogen) atoms. The van der Waals surface area contributed by atoms with Crippen molar-refractivity contribution in [3.63, 3.8) is 0 Å². The number of rotatable bonds is 5. The summed E-state index contributed by atoms with van der Waals surface area (Å²) in [6, 6.07) is 5.03. The fourth-order valence-corrected chi connectivity index (χ4v) is 3.55. The van der Waals surface area contributed by atoms with Crippen molar-refractivity contribution in [2.45, 2.75) is 31.3 Å². The SMILES string of the molecule is Cc1c(CO)cccc1S(=O)(=O)N(C)CC1CC1. The zero-order valence-corrected chi connectivity index (χ0v) is 11.6. The number of hydrogen-bond acceptors (Lipinski definition) is 3. The fraction of sp³-hybridized carbons (Fsp3) is 0.538. The van der Waals surface area contributed by atoms with Crippen LogP contribution in [0.1, 0.15) is 24.0 Å². The summed E-state index contributed by atoms with van der Waals surface area (Å²) in [5.41, 5.74) is 1.30. The quantitative estimate of drug-likeness (QED) is 0.881. The smallest absolute Gasteiger partial charge is 0.243 e. The molecule has 0 unspecified atom stereocenters. The van der Waals surface area contributed by atoms with Gasteiger partial charge in [-0.25, -0.2) is 12.7 Å². The van der Waals surface area contributed by atoms with E-state index < -0.39 is 10.0 Å². The molecular formula is C13H19NO3S. The van der Waals surface area contributed by atoms with Crippen molar-refractivity contribution in [1.29, 1.82) is 0 Å². The first kappa shape index (κ1) is 13.5. The maximum atomic E-state index is 12.4.